The first-order valence-electron chi connectivity index (χ1n) is 11.1. The first-order chi connectivity index (χ1) is 16.0. The third kappa shape index (κ3) is 6.58. The summed E-state index contributed by atoms with van der Waals surface area (Å²) >= 11 is 0. The summed E-state index contributed by atoms with van der Waals surface area (Å²) in [5.74, 6) is 0.964. The molecule has 1 saturated heterocycles. The Balaban J connectivity index is 0.00000408. The van der Waals surface area contributed by atoms with E-state index in [-0.39, 0.29) is 23.9 Å². The Labute approximate surface area is 208 Å². The van der Waals surface area contributed by atoms with Gasteiger partial charge >= 0.3 is 0 Å². The zero-order valence-corrected chi connectivity index (χ0v) is 21.1. The molecule has 0 spiro atoms. The van der Waals surface area contributed by atoms with Crippen LogP contribution in [-0.4, -0.2) is 57.8 Å². The quantitative estimate of drug-likeness (QED) is 0.455. The number of nitrogens with one attached hydrogen (secondary N) is 1. The van der Waals surface area contributed by atoms with Crippen LogP contribution >= 0.6 is 12.4 Å². The first-order valence-corrected chi connectivity index (χ1v) is 11.1. The Hall–Kier alpha value is -3.37. The predicted molar refractivity (Wildman–Crippen MR) is 137 cm³/mol. The third-order valence-electron chi connectivity index (χ3n) is 6.05. The second-order valence-electron chi connectivity index (χ2n) is 8.09. The van der Waals surface area contributed by atoms with Crippen LogP contribution in [-0.2, 0) is 11.2 Å². The Morgan fingerprint density at radius 1 is 1.09 bits per heavy atom. The number of piperazine rings is 1. The molecule has 2 aromatic rings. The van der Waals surface area contributed by atoms with Crippen LogP contribution in [0.1, 0.15) is 16.7 Å². The fourth-order valence-corrected chi connectivity index (χ4v) is 3.94. The van der Waals surface area contributed by atoms with E-state index in [0.29, 0.717) is 24.5 Å². The molecule has 7 nitrogen and oxygen atoms in total. The highest BCUT2D eigenvalue weighted by Crippen LogP contribution is 2.27. The van der Waals surface area contributed by atoms with Crippen molar-refractivity contribution in [3.05, 3.63) is 64.9 Å². The maximum absolute atomic E-state index is 12.5. The summed E-state index contributed by atoms with van der Waals surface area (Å²) in [5, 5.41) is 12.4. The minimum absolute atomic E-state index is 0. The number of nitriles is 1. The van der Waals surface area contributed by atoms with Gasteiger partial charge in [-0.1, -0.05) is 18.2 Å². The fraction of sp³-hybridized carbons (Fsp3) is 0.385. The largest absolute Gasteiger partial charge is 0.493 e. The predicted octanol–water partition coefficient (Wildman–Crippen LogP) is 3.63. The monoisotopic (exact) mass is 484 g/mol. The molecule has 182 valence electrons. The normalized spacial score (nSPS) is 13.6. The Bertz CT molecular complexity index is 1060. The summed E-state index contributed by atoms with van der Waals surface area (Å²) < 4.78 is 10.6. The number of halogens is 1. The van der Waals surface area contributed by atoms with Gasteiger partial charge < -0.3 is 24.6 Å². The van der Waals surface area contributed by atoms with Crippen LogP contribution in [0.5, 0.6) is 11.5 Å². The molecule has 0 aromatic heterocycles. The molecule has 0 saturated carbocycles. The number of rotatable bonds is 8. The highest BCUT2D eigenvalue weighted by molar-refractivity contribution is 5.97. The van der Waals surface area contributed by atoms with Gasteiger partial charge in [-0.3, -0.25) is 4.79 Å². The van der Waals surface area contributed by atoms with Crippen molar-refractivity contribution in [2.75, 3.05) is 51.8 Å². The van der Waals surface area contributed by atoms with Gasteiger partial charge in [0.15, 0.2) is 11.5 Å². The van der Waals surface area contributed by atoms with E-state index in [1.165, 1.54) is 16.8 Å². The number of hydrogen-bond donors (Lipinski definition) is 1. The number of carbonyl (C=O) groups is 1. The van der Waals surface area contributed by atoms with Gasteiger partial charge in [-0.15, -0.1) is 12.4 Å². The summed E-state index contributed by atoms with van der Waals surface area (Å²) in [5.41, 5.74) is 4.98. The first kappa shape index (κ1) is 26.9. The molecule has 34 heavy (non-hydrogen) atoms. The van der Waals surface area contributed by atoms with E-state index in [9.17, 15) is 10.1 Å². The zero-order chi connectivity index (χ0) is 23.8. The molecule has 3 rings (SSSR count). The van der Waals surface area contributed by atoms with E-state index < -0.39 is 0 Å². The molecular weight excluding hydrogens is 452 g/mol. The summed E-state index contributed by atoms with van der Waals surface area (Å²) in [7, 11) is 3.19. The molecule has 0 bridgehead atoms. The highest BCUT2D eigenvalue weighted by atomic mass is 35.5. The molecular formula is C26H33ClN4O3. The van der Waals surface area contributed by atoms with Crippen molar-refractivity contribution in [3.63, 3.8) is 0 Å². The molecule has 1 fully saturated rings. The average Bonchev–Trinajstić information content (AvgIpc) is 2.84. The van der Waals surface area contributed by atoms with Crippen LogP contribution in [0.4, 0.5) is 5.69 Å². The zero-order valence-electron chi connectivity index (χ0n) is 20.3. The Kier molecular flexibility index (Phi) is 10.1. The Morgan fingerprint density at radius 2 is 1.79 bits per heavy atom. The lowest BCUT2D eigenvalue weighted by Gasteiger charge is -2.36. The number of aryl methyl sites for hydroxylation is 1. The molecule has 0 radical (unpaired) electrons. The van der Waals surface area contributed by atoms with E-state index in [1.54, 1.807) is 20.4 Å². The van der Waals surface area contributed by atoms with E-state index in [1.807, 2.05) is 29.2 Å². The van der Waals surface area contributed by atoms with Crippen molar-refractivity contribution in [1.29, 1.82) is 5.26 Å². The van der Waals surface area contributed by atoms with E-state index >= 15 is 0 Å². The molecule has 0 unspecified atom stereocenters. The molecule has 0 aliphatic carbocycles. The number of methoxy groups -OCH3 is 2. The van der Waals surface area contributed by atoms with Crippen molar-refractivity contribution in [1.82, 2.24) is 10.2 Å². The van der Waals surface area contributed by atoms with Gasteiger partial charge in [0.05, 0.1) is 14.2 Å². The van der Waals surface area contributed by atoms with E-state index in [4.69, 9.17) is 9.47 Å². The number of benzene rings is 2. The number of anilines is 1. The number of nitrogens with zero attached hydrogens (tertiary/aromatic N) is 3. The molecule has 1 aliphatic rings. The van der Waals surface area contributed by atoms with Gasteiger partial charge in [0, 0.05) is 44.6 Å². The lowest BCUT2D eigenvalue weighted by atomic mass is 10.1. The van der Waals surface area contributed by atoms with Crippen LogP contribution in [0.15, 0.2) is 48.2 Å². The van der Waals surface area contributed by atoms with Crippen LogP contribution in [0, 0.1) is 25.2 Å². The van der Waals surface area contributed by atoms with Crippen molar-refractivity contribution in [2.24, 2.45) is 0 Å². The van der Waals surface area contributed by atoms with Crippen LogP contribution in [0.2, 0.25) is 0 Å². The van der Waals surface area contributed by atoms with Gasteiger partial charge in [0.1, 0.15) is 11.6 Å². The molecule has 2 aromatic carbocycles. The maximum Gasteiger partial charge on any atom is 0.263 e. The smallest absolute Gasteiger partial charge is 0.263 e. The van der Waals surface area contributed by atoms with Gasteiger partial charge in [0.25, 0.3) is 5.91 Å². The summed E-state index contributed by atoms with van der Waals surface area (Å²) in [4.78, 5) is 17.0. The molecule has 1 heterocycles. The lowest BCUT2D eigenvalue weighted by Crippen LogP contribution is -2.44. The minimum Gasteiger partial charge on any atom is -0.493 e. The Morgan fingerprint density at radius 3 is 2.44 bits per heavy atom. The van der Waals surface area contributed by atoms with Gasteiger partial charge in [0.2, 0.25) is 0 Å². The molecule has 0 atom stereocenters. The van der Waals surface area contributed by atoms with Crippen LogP contribution in [0.25, 0.3) is 0 Å². The van der Waals surface area contributed by atoms with Crippen molar-refractivity contribution >= 4 is 24.0 Å². The summed E-state index contributed by atoms with van der Waals surface area (Å²) in [6, 6.07) is 14.1. The number of carbonyl (C=O) groups excluding carboxylic acids is 1. The molecule has 1 N–H and O–H groups in total. The molecule has 1 amide bonds. The second-order valence-corrected chi connectivity index (χ2v) is 8.09. The standard InChI is InChI=1S/C26H32N4O3.ClH/c1-19-6-5-7-23(20(19)2)30-14-12-29(13-15-30)18-22(17-27)26(31)28-11-10-21-8-9-24(32-3)25(16-21)33-4;/h5-9,16,18H,10-15H2,1-4H3,(H,28,31);1H/b22-18-;. The van der Waals surface area contributed by atoms with Crippen LogP contribution < -0.4 is 19.7 Å². The fourth-order valence-electron chi connectivity index (χ4n) is 3.94. The number of amides is 1. The third-order valence-corrected chi connectivity index (χ3v) is 6.05. The summed E-state index contributed by atoms with van der Waals surface area (Å²) in [6.07, 6.45) is 2.31. The number of hydrogen-bond acceptors (Lipinski definition) is 6. The van der Waals surface area contributed by atoms with E-state index in [2.05, 4.69) is 42.3 Å². The van der Waals surface area contributed by atoms with Crippen molar-refractivity contribution < 1.29 is 14.3 Å². The maximum atomic E-state index is 12.5. The highest BCUT2D eigenvalue weighted by Gasteiger charge is 2.19. The van der Waals surface area contributed by atoms with Gasteiger partial charge in [-0.05, 0) is 55.2 Å². The average molecular weight is 485 g/mol. The second kappa shape index (κ2) is 12.8. The molecule has 1 aliphatic heterocycles. The minimum atomic E-state index is -0.352. The SMILES string of the molecule is COc1ccc(CCNC(=O)/C(C#N)=C\N2CCN(c3cccc(C)c3C)CC2)cc1OC.Cl. The van der Waals surface area contributed by atoms with E-state index in [0.717, 1.165) is 31.7 Å². The van der Waals surface area contributed by atoms with Crippen LogP contribution in [0.3, 0.4) is 0 Å². The lowest BCUT2D eigenvalue weighted by molar-refractivity contribution is -0.117. The van der Waals surface area contributed by atoms with Gasteiger partial charge in [-0.25, -0.2) is 0 Å². The topological polar surface area (TPSA) is 77.8 Å². The summed E-state index contributed by atoms with van der Waals surface area (Å²) in [6.45, 7) is 7.92. The van der Waals surface area contributed by atoms with Crippen molar-refractivity contribution in [2.45, 2.75) is 20.3 Å². The van der Waals surface area contributed by atoms with Gasteiger partial charge in [-0.2, -0.15) is 5.26 Å². The number of ether oxygens (including phenoxy) is 2. The van der Waals surface area contributed by atoms with Crippen molar-refractivity contribution in [3.8, 4) is 17.6 Å². The molecule has 8 heteroatoms.